The lowest BCUT2D eigenvalue weighted by molar-refractivity contribution is -0.144. The molecule has 0 spiro atoms. The van der Waals surface area contributed by atoms with Crippen molar-refractivity contribution < 1.29 is 28.2 Å². The van der Waals surface area contributed by atoms with Gasteiger partial charge >= 0.3 is 5.97 Å². The van der Waals surface area contributed by atoms with Crippen LogP contribution in [0, 0.1) is 5.82 Å². The number of ether oxygens (including phenoxy) is 2. The van der Waals surface area contributed by atoms with Gasteiger partial charge in [-0.3, -0.25) is 9.59 Å². The van der Waals surface area contributed by atoms with Crippen LogP contribution in [0.15, 0.2) is 42.5 Å². The molecule has 6 nitrogen and oxygen atoms in total. The van der Waals surface area contributed by atoms with E-state index < -0.39 is 36.1 Å². The van der Waals surface area contributed by atoms with Gasteiger partial charge in [0.1, 0.15) is 6.04 Å². The standard InChI is InChI=1S/C21H21ClFNO5S/c1-28-19-8-7-13(11-16(19)23)18(25)12-29-21(27)17(9-10-30-2)24-20(26)14-5-3-4-6-15(14)22/h3-8,11,17H,9-10,12H2,1-2H3,(H,24,26). The van der Waals surface area contributed by atoms with Crippen LogP contribution in [-0.4, -0.2) is 49.4 Å². The van der Waals surface area contributed by atoms with Crippen LogP contribution in [0.3, 0.4) is 0 Å². The zero-order valence-electron chi connectivity index (χ0n) is 16.4. The Hall–Kier alpha value is -2.58. The van der Waals surface area contributed by atoms with Crippen LogP contribution in [-0.2, 0) is 9.53 Å². The second-order valence-electron chi connectivity index (χ2n) is 6.17. The molecule has 0 saturated carbocycles. The molecule has 1 atom stereocenters. The molecule has 0 bridgehead atoms. The number of rotatable bonds is 10. The number of halogens is 2. The van der Waals surface area contributed by atoms with Crippen molar-refractivity contribution >= 4 is 41.0 Å². The van der Waals surface area contributed by atoms with E-state index in [0.29, 0.717) is 12.2 Å². The Balaban J connectivity index is 2.02. The average Bonchev–Trinajstić information content (AvgIpc) is 2.74. The maximum atomic E-state index is 13.8. The number of esters is 1. The van der Waals surface area contributed by atoms with E-state index in [9.17, 15) is 18.8 Å². The smallest absolute Gasteiger partial charge is 0.329 e. The summed E-state index contributed by atoms with van der Waals surface area (Å²) in [6.07, 6.45) is 2.17. The second kappa shape index (κ2) is 11.6. The Kier molecular flexibility index (Phi) is 9.14. The van der Waals surface area contributed by atoms with Crippen LogP contribution < -0.4 is 10.1 Å². The topological polar surface area (TPSA) is 81.7 Å². The van der Waals surface area contributed by atoms with E-state index in [1.165, 1.54) is 37.1 Å². The highest BCUT2D eigenvalue weighted by Gasteiger charge is 2.24. The fraction of sp³-hybridized carbons (Fsp3) is 0.286. The first kappa shape index (κ1) is 23.7. The van der Waals surface area contributed by atoms with Crippen LogP contribution in [0.25, 0.3) is 0 Å². The molecule has 0 saturated heterocycles. The fourth-order valence-electron chi connectivity index (χ4n) is 2.53. The molecule has 160 valence electrons. The van der Waals surface area contributed by atoms with Crippen molar-refractivity contribution in [2.24, 2.45) is 0 Å². The van der Waals surface area contributed by atoms with Gasteiger partial charge in [0.05, 0.1) is 17.7 Å². The second-order valence-corrected chi connectivity index (χ2v) is 7.56. The third-order valence-electron chi connectivity index (χ3n) is 4.14. The number of hydrogen-bond donors (Lipinski definition) is 1. The summed E-state index contributed by atoms with van der Waals surface area (Å²) in [6.45, 7) is -0.581. The highest BCUT2D eigenvalue weighted by Crippen LogP contribution is 2.18. The lowest BCUT2D eigenvalue weighted by Crippen LogP contribution is -2.42. The summed E-state index contributed by atoms with van der Waals surface area (Å²) in [5.74, 6) is -1.97. The molecule has 0 aliphatic carbocycles. The Morgan fingerprint density at radius 2 is 1.93 bits per heavy atom. The van der Waals surface area contributed by atoms with Crippen molar-refractivity contribution in [3.8, 4) is 5.75 Å². The summed E-state index contributed by atoms with van der Waals surface area (Å²) >= 11 is 7.52. The maximum Gasteiger partial charge on any atom is 0.329 e. The van der Waals surface area contributed by atoms with Crippen molar-refractivity contribution in [2.75, 3.05) is 25.7 Å². The molecule has 0 aromatic heterocycles. The number of Topliss-reactive ketones (excluding diaryl/α,β-unsaturated/α-hetero) is 1. The summed E-state index contributed by atoms with van der Waals surface area (Å²) in [5.41, 5.74) is 0.271. The number of methoxy groups -OCH3 is 1. The molecule has 1 N–H and O–H groups in total. The van der Waals surface area contributed by atoms with Gasteiger partial charge in [-0.05, 0) is 48.8 Å². The summed E-state index contributed by atoms with van der Waals surface area (Å²) in [7, 11) is 1.31. The first-order valence-electron chi connectivity index (χ1n) is 8.95. The van der Waals surface area contributed by atoms with Crippen LogP contribution in [0.1, 0.15) is 27.1 Å². The number of nitrogens with one attached hydrogen (secondary N) is 1. The molecule has 2 rings (SSSR count). The normalized spacial score (nSPS) is 11.5. The van der Waals surface area contributed by atoms with Crippen molar-refractivity contribution in [1.82, 2.24) is 5.32 Å². The van der Waals surface area contributed by atoms with E-state index in [1.54, 1.807) is 18.2 Å². The van der Waals surface area contributed by atoms with E-state index >= 15 is 0 Å². The summed E-state index contributed by atoms with van der Waals surface area (Å²) in [5, 5.41) is 2.85. The average molecular weight is 454 g/mol. The zero-order valence-corrected chi connectivity index (χ0v) is 18.0. The number of hydrogen-bond acceptors (Lipinski definition) is 6. The molecule has 0 heterocycles. The van der Waals surface area contributed by atoms with Gasteiger partial charge in [-0.1, -0.05) is 23.7 Å². The molecule has 2 aromatic rings. The highest BCUT2D eigenvalue weighted by molar-refractivity contribution is 7.98. The van der Waals surface area contributed by atoms with Crippen molar-refractivity contribution in [3.63, 3.8) is 0 Å². The maximum absolute atomic E-state index is 13.8. The van der Waals surface area contributed by atoms with Gasteiger partial charge in [-0.2, -0.15) is 11.8 Å². The van der Waals surface area contributed by atoms with E-state index in [0.717, 1.165) is 6.07 Å². The number of carbonyl (C=O) groups is 3. The van der Waals surface area contributed by atoms with Gasteiger partial charge in [-0.15, -0.1) is 0 Å². The molecule has 0 aliphatic rings. The third-order valence-corrected chi connectivity index (χ3v) is 5.11. The first-order chi connectivity index (χ1) is 14.4. The first-order valence-corrected chi connectivity index (χ1v) is 10.7. The van der Waals surface area contributed by atoms with Gasteiger partial charge in [0.25, 0.3) is 5.91 Å². The summed E-state index contributed by atoms with van der Waals surface area (Å²) in [4.78, 5) is 37.2. The molecular weight excluding hydrogens is 433 g/mol. The Labute approximate surface area is 183 Å². The Bertz CT molecular complexity index is 924. The molecule has 2 aromatic carbocycles. The summed E-state index contributed by atoms with van der Waals surface area (Å²) in [6, 6.07) is 9.20. The number of amides is 1. The van der Waals surface area contributed by atoms with Crippen LogP contribution >= 0.6 is 23.4 Å². The van der Waals surface area contributed by atoms with Crippen molar-refractivity contribution in [1.29, 1.82) is 0 Å². The van der Waals surface area contributed by atoms with Gasteiger partial charge in [0.2, 0.25) is 0 Å². The van der Waals surface area contributed by atoms with Crippen LogP contribution in [0.4, 0.5) is 4.39 Å². The number of thioether (sulfide) groups is 1. The molecule has 0 fully saturated rings. The zero-order chi connectivity index (χ0) is 22.1. The SMILES string of the molecule is COc1ccc(C(=O)COC(=O)C(CCSC)NC(=O)c2ccccc2Cl)cc1F. The Morgan fingerprint density at radius 3 is 2.57 bits per heavy atom. The third kappa shape index (κ3) is 6.47. The number of ketones is 1. The monoisotopic (exact) mass is 453 g/mol. The largest absolute Gasteiger partial charge is 0.494 e. The minimum atomic E-state index is -0.957. The predicted molar refractivity (Wildman–Crippen MR) is 114 cm³/mol. The molecule has 30 heavy (non-hydrogen) atoms. The fourth-order valence-corrected chi connectivity index (χ4v) is 3.22. The Morgan fingerprint density at radius 1 is 1.20 bits per heavy atom. The van der Waals surface area contributed by atoms with Crippen LogP contribution in [0.5, 0.6) is 5.75 Å². The van der Waals surface area contributed by atoms with E-state index in [-0.39, 0.29) is 21.9 Å². The lowest BCUT2D eigenvalue weighted by atomic mass is 10.1. The van der Waals surface area contributed by atoms with E-state index in [2.05, 4.69) is 5.32 Å². The molecule has 9 heteroatoms. The molecule has 0 radical (unpaired) electrons. The molecular formula is C21H21ClFNO5S. The minimum Gasteiger partial charge on any atom is -0.494 e. The van der Waals surface area contributed by atoms with Gasteiger partial charge in [0, 0.05) is 5.56 Å². The van der Waals surface area contributed by atoms with Crippen molar-refractivity contribution in [3.05, 3.63) is 64.4 Å². The van der Waals surface area contributed by atoms with Gasteiger partial charge < -0.3 is 14.8 Å². The molecule has 0 aliphatic heterocycles. The quantitative estimate of drug-likeness (QED) is 0.435. The van der Waals surface area contributed by atoms with Gasteiger partial charge in [0.15, 0.2) is 24.0 Å². The molecule has 1 unspecified atom stereocenters. The van der Waals surface area contributed by atoms with Gasteiger partial charge in [-0.25, -0.2) is 9.18 Å². The number of benzene rings is 2. The predicted octanol–water partition coefficient (Wildman–Crippen LogP) is 3.77. The van der Waals surface area contributed by atoms with Crippen molar-refractivity contribution in [2.45, 2.75) is 12.5 Å². The van der Waals surface area contributed by atoms with E-state index in [1.807, 2.05) is 6.26 Å². The number of carbonyl (C=O) groups excluding carboxylic acids is 3. The lowest BCUT2D eigenvalue weighted by Gasteiger charge is -2.17. The highest BCUT2D eigenvalue weighted by atomic mass is 35.5. The van der Waals surface area contributed by atoms with E-state index in [4.69, 9.17) is 21.1 Å². The van der Waals surface area contributed by atoms with Crippen LogP contribution in [0.2, 0.25) is 5.02 Å². The summed E-state index contributed by atoms with van der Waals surface area (Å²) < 4.78 is 23.7. The molecule has 1 amide bonds. The minimum absolute atomic E-state index is 0.00274.